The second kappa shape index (κ2) is 10.4. The van der Waals surface area contributed by atoms with Gasteiger partial charge >= 0.3 is 11.7 Å². The number of carbonyl (C=O) groups excluding carboxylic acids is 1. The number of aliphatic hydroxyl groups excluding tert-OH is 1. The summed E-state index contributed by atoms with van der Waals surface area (Å²) >= 11 is 0. The van der Waals surface area contributed by atoms with Gasteiger partial charge in [0.25, 0.3) is 15.7 Å². The van der Waals surface area contributed by atoms with Crippen molar-refractivity contribution in [1.82, 2.24) is 9.55 Å². The van der Waals surface area contributed by atoms with E-state index in [0.717, 1.165) is 5.56 Å². The number of H-pyrrole nitrogens is 1. The van der Waals surface area contributed by atoms with Crippen LogP contribution in [0.5, 0.6) is 0 Å². The Morgan fingerprint density at radius 2 is 1.91 bits per heavy atom. The molecule has 14 heteroatoms. The molecule has 1 aliphatic heterocycles. The minimum Gasteiger partial charge on any atom is -0.462 e. The largest absolute Gasteiger partial charge is 0.462 e. The average molecular weight is 516 g/mol. The van der Waals surface area contributed by atoms with Gasteiger partial charge in [-0.3, -0.25) is 23.3 Å². The van der Waals surface area contributed by atoms with Gasteiger partial charge in [0, 0.05) is 0 Å². The minimum atomic E-state index is -4.45. The first kappa shape index (κ1) is 26.7. The topological polar surface area (TPSA) is 180 Å². The third-order valence-electron chi connectivity index (χ3n) is 5.44. The third-order valence-corrected chi connectivity index (χ3v) is 6.76. The number of rotatable bonds is 8. The molecule has 0 radical (unpaired) electrons. The molecule has 0 amide bonds. The maximum Gasteiger partial charge on any atom is 0.330 e. The zero-order valence-electron chi connectivity index (χ0n) is 19.1. The number of aromatic amines is 1. The molecule has 3 rings (SSSR count). The molecule has 0 aliphatic carbocycles. The zero-order chi connectivity index (χ0) is 26.1. The van der Waals surface area contributed by atoms with Crippen molar-refractivity contribution in [3.8, 4) is 0 Å². The molecule has 35 heavy (non-hydrogen) atoms. The van der Waals surface area contributed by atoms with Crippen molar-refractivity contribution < 1.29 is 36.4 Å². The van der Waals surface area contributed by atoms with E-state index >= 15 is 0 Å². The van der Waals surface area contributed by atoms with Crippen molar-refractivity contribution in [2.75, 3.05) is 6.61 Å². The molecule has 5 atom stereocenters. The number of hydrogen-bond acceptors (Lipinski definition) is 10. The second-order valence-electron chi connectivity index (χ2n) is 8.43. The number of ether oxygens (including phenoxy) is 2. The molecule has 1 fully saturated rings. The summed E-state index contributed by atoms with van der Waals surface area (Å²) in [6.07, 6.45) is -6.09. The standard InChI is InChI=1S/C21H26FN3O9S/c1-10(2)15(23)20(28)32-9-14-17(34-35(30,31)12-6-4-11(3)5-7-12)16(26)19(33-14)25-8-13(22)18(27)24-21(25)29/h4-8,10,14-17,19,26H,9,23H2,1-3H3,(H,24,27,29)/t14-,15+,16-,17-,19-/m1/s1. The highest BCUT2D eigenvalue weighted by atomic mass is 32.2. The van der Waals surface area contributed by atoms with Gasteiger partial charge in [0.2, 0.25) is 5.82 Å². The van der Waals surface area contributed by atoms with Gasteiger partial charge in [-0.25, -0.2) is 4.79 Å². The quantitative estimate of drug-likeness (QED) is 0.308. The fourth-order valence-corrected chi connectivity index (χ4v) is 4.40. The van der Waals surface area contributed by atoms with Gasteiger partial charge in [-0.05, 0) is 25.0 Å². The highest BCUT2D eigenvalue weighted by Crippen LogP contribution is 2.33. The van der Waals surface area contributed by atoms with Crippen LogP contribution in [0.3, 0.4) is 0 Å². The third kappa shape index (κ3) is 5.85. The Bertz CT molecular complexity index is 1290. The van der Waals surface area contributed by atoms with Crippen LogP contribution in [0.1, 0.15) is 25.6 Å². The van der Waals surface area contributed by atoms with E-state index in [9.17, 15) is 32.3 Å². The average Bonchev–Trinajstić information content (AvgIpc) is 3.08. The summed E-state index contributed by atoms with van der Waals surface area (Å²) in [5, 5.41) is 10.8. The van der Waals surface area contributed by atoms with Crippen molar-refractivity contribution in [3.63, 3.8) is 0 Å². The lowest BCUT2D eigenvalue weighted by molar-refractivity contribution is -0.152. The summed E-state index contributed by atoms with van der Waals surface area (Å²) < 4.78 is 56.0. The summed E-state index contributed by atoms with van der Waals surface area (Å²) in [6.45, 7) is 4.54. The summed E-state index contributed by atoms with van der Waals surface area (Å²) in [5.74, 6) is -2.42. The van der Waals surface area contributed by atoms with E-state index in [4.69, 9.17) is 19.4 Å². The van der Waals surface area contributed by atoms with Crippen LogP contribution in [0.15, 0.2) is 44.9 Å². The van der Waals surface area contributed by atoms with Crippen molar-refractivity contribution >= 4 is 16.1 Å². The highest BCUT2D eigenvalue weighted by molar-refractivity contribution is 7.86. The van der Waals surface area contributed by atoms with E-state index in [1.165, 1.54) is 24.3 Å². The molecule has 0 saturated carbocycles. The predicted molar refractivity (Wildman–Crippen MR) is 118 cm³/mol. The summed E-state index contributed by atoms with van der Waals surface area (Å²) in [6, 6.07) is 4.68. The molecule has 1 aromatic carbocycles. The van der Waals surface area contributed by atoms with Crippen LogP contribution >= 0.6 is 0 Å². The van der Waals surface area contributed by atoms with Gasteiger partial charge in [0.1, 0.15) is 31.0 Å². The number of aromatic nitrogens is 2. The van der Waals surface area contributed by atoms with Crippen molar-refractivity contribution in [3.05, 3.63) is 62.7 Å². The fourth-order valence-electron chi connectivity index (χ4n) is 3.29. The Morgan fingerprint density at radius 3 is 2.51 bits per heavy atom. The first-order valence-electron chi connectivity index (χ1n) is 10.6. The monoisotopic (exact) mass is 515 g/mol. The molecule has 0 bridgehead atoms. The van der Waals surface area contributed by atoms with E-state index in [2.05, 4.69) is 0 Å². The maximum atomic E-state index is 13.8. The van der Waals surface area contributed by atoms with E-state index in [1.54, 1.807) is 25.8 Å². The Morgan fingerprint density at radius 1 is 1.29 bits per heavy atom. The Balaban J connectivity index is 1.92. The molecule has 192 valence electrons. The van der Waals surface area contributed by atoms with Gasteiger partial charge in [0.05, 0.1) is 11.1 Å². The molecule has 2 heterocycles. The van der Waals surface area contributed by atoms with Crippen LogP contribution in [0.25, 0.3) is 0 Å². The number of esters is 1. The number of nitrogens with two attached hydrogens (primary N) is 1. The van der Waals surface area contributed by atoms with E-state index in [-0.39, 0.29) is 10.8 Å². The molecule has 12 nitrogen and oxygen atoms in total. The van der Waals surface area contributed by atoms with E-state index in [0.29, 0.717) is 10.8 Å². The molecule has 1 aliphatic rings. The zero-order valence-corrected chi connectivity index (χ0v) is 19.9. The molecular weight excluding hydrogens is 489 g/mol. The van der Waals surface area contributed by atoms with Crippen LogP contribution < -0.4 is 17.0 Å². The summed E-state index contributed by atoms with van der Waals surface area (Å²) in [5.41, 5.74) is 4.13. The molecular formula is C21H26FN3O9S. The first-order chi connectivity index (χ1) is 16.3. The predicted octanol–water partition coefficient (Wildman–Crippen LogP) is -0.457. The lowest BCUT2D eigenvalue weighted by Gasteiger charge is -2.21. The number of nitrogens with one attached hydrogen (secondary N) is 1. The number of halogens is 1. The van der Waals surface area contributed by atoms with Gasteiger partial charge in [0.15, 0.2) is 6.23 Å². The lowest BCUT2D eigenvalue weighted by atomic mass is 10.1. The smallest absolute Gasteiger partial charge is 0.330 e. The number of benzene rings is 1. The van der Waals surface area contributed by atoms with E-state index in [1.807, 2.05) is 0 Å². The Labute approximate surface area is 199 Å². The van der Waals surface area contributed by atoms with Gasteiger partial charge in [-0.15, -0.1) is 0 Å². The number of carbonyl (C=O) groups is 1. The molecule has 1 aromatic heterocycles. The number of nitrogens with zero attached hydrogens (tertiary/aromatic N) is 1. The molecule has 1 saturated heterocycles. The van der Waals surface area contributed by atoms with Crippen LogP contribution in [0.4, 0.5) is 4.39 Å². The fraction of sp³-hybridized carbons (Fsp3) is 0.476. The van der Waals surface area contributed by atoms with Gasteiger partial charge < -0.3 is 20.3 Å². The molecule has 4 N–H and O–H groups in total. The van der Waals surface area contributed by atoms with E-state index < -0.39 is 70.3 Å². The number of aliphatic hydroxyl groups is 1. The second-order valence-corrected chi connectivity index (χ2v) is 10.00. The first-order valence-corrected chi connectivity index (χ1v) is 12.0. The normalized spacial score (nSPS) is 23.4. The van der Waals surface area contributed by atoms with Crippen LogP contribution in [0.2, 0.25) is 0 Å². The summed E-state index contributed by atoms with van der Waals surface area (Å²) in [4.78, 5) is 37.2. The Kier molecular flexibility index (Phi) is 7.91. The summed E-state index contributed by atoms with van der Waals surface area (Å²) in [7, 11) is -4.45. The number of aryl methyl sites for hydroxylation is 1. The minimum absolute atomic E-state index is 0.219. The number of hydrogen-bond donors (Lipinski definition) is 3. The Hall–Kier alpha value is -2.91. The molecule has 0 unspecified atom stereocenters. The maximum absolute atomic E-state index is 13.8. The van der Waals surface area contributed by atoms with Crippen LogP contribution in [0, 0.1) is 18.7 Å². The highest BCUT2D eigenvalue weighted by Gasteiger charge is 2.49. The lowest BCUT2D eigenvalue weighted by Crippen LogP contribution is -2.42. The molecule has 0 spiro atoms. The van der Waals surface area contributed by atoms with Crippen LogP contribution in [-0.4, -0.2) is 60.0 Å². The van der Waals surface area contributed by atoms with Crippen molar-refractivity contribution in [2.45, 2.75) is 56.2 Å². The van der Waals surface area contributed by atoms with Crippen molar-refractivity contribution in [1.29, 1.82) is 0 Å². The van der Waals surface area contributed by atoms with Gasteiger partial charge in [-0.2, -0.15) is 12.8 Å². The van der Waals surface area contributed by atoms with Gasteiger partial charge in [-0.1, -0.05) is 31.5 Å². The van der Waals surface area contributed by atoms with Crippen molar-refractivity contribution in [2.24, 2.45) is 11.7 Å². The van der Waals surface area contributed by atoms with Crippen LogP contribution in [-0.2, 0) is 28.6 Å². The molecule has 2 aromatic rings. The SMILES string of the molecule is Cc1ccc(S(=O)(=O)O[C@H]2[C@@H](O)[C@H](n3cc(F)c(=O)[nH]c3=O)O[C@@H]2COC(=O)[C@@H](N)C(C)C)cc1.